The van der Waals surface area contributed by atoms with E-state index in [0.717, 1.165) is 11.1 Å². The normalized spacial score (nSPS) is 10.5. The number of carbonyl (C=O) groups is 2. The molecule has 8 heteroatoms. The number of rotatable bonds is 7. The molecule has 0 unspecified atom stereocenters. The minimum atomic E-state index is -0.110. The quantitative estimate of drug-likeness (QED) is 0.622. The number of aryl methyl sites for hydroxylation is 1. The smallest absolute Gasteiger partial charge is 0.261 e. The van der Waals surface area contributed by atoms with E-state index >= 15 is 0 Å². The number of carbonyl (C=O) groups excluding carboxylic acids is 2. The van der Waals surface area contributed by atoms with Crippen molar-refractivity contribution in [2.75, 3.05) is 11.9 Å². The van der Waals surface area contributed by atoms with Crippen LogP contribution in [0.1, 0.15) is 28.1 Å². The van der Waals surface area contributed by atoms with E-state index in [1.807, 2.05) is 30.5 Å². The Morgan fingerprint density at radius 1 is 1.27 bits per heavy atom. The molecule has 7 nitrogen and oxygen atoms in total. The maximum absolute atomic E-state index is 12.2. The minimum absolute atomic E-state index is 0.108. The van der Waals surface area contributed by atoms with Gasteiger partial charge in [-0.1, -0.05) is 12.1 Å². The summed E-state index contributed by atoms with van der Waals surface area (Å²) in [5.41, 5.74) is 2.38. The fourth-order valence-electron chi connectivity index (χ4n) is 2.35. The summed E-state index contributed by atoms with van der Waals surface area (Å²) in [6, 6.07) is 9.15. The topological polar surface area (TPSA) is 97.1 Å². The van der Waals surface area contributed by atoms with E-state index in [2.05, 4.69) is 20.8 Å². The number of thiophene rings is 1. The van der Waals surface area contributed by atoms with Gasteiger partial charge in [0.1, 0.15) is 0 Å². The van der Waals surface area contributed by atoms with Gasteiger partial charge >= 0.3 is 0 Å². The zero-order valence-electron chi connectivity index (χ0n) is 14.2. The molecule has 2 aromatic heterocycles. The van der Waals surface area contributed by atoms with Crippen LogP contribution in [0.15, 0.2) is 46.5 Å². The molecular weight excluding hydrogens is 352 g/mol. The third-order valence-corrected chi connectivity index (χ3v) is 4.60. The van der Waals surface area contributed by atoms with Crippen LogP contribution in [-0.2, 0) is 4.79 Å². The van der Waals surface area contributed by atoms with Gasteiger partial charge in [-0.15, -0.1) is 21.5 Å². The molecule has 0 aliphatic rings. The van der Waals surface area contributed by atoms with E-state index in [1.165, 1.54) is 17.7 Å². The molecule has 0 fully saturated rings. The molecule has 0 saturated heterocycles. The first-order valence-electron chi connectivity index (χ1n) is 8.12. The monoisotopic (exact) mass is 370 g/mol. The second-order valence-corrected chi connectivity index (χ2v) is 6.61. The van der Waals surface area contributed by atoms with E-state index in [0.29, 0.717) is 35.8 Å². The Bertz CT molecular complexity index is 876. The maximum atomic E-state index is 12.2. The van der Waals surface area contributed by atoms with Crippen molar-refractivity contribution >= 4 is 28.8 Å². The molecule has 0 saturated carbocycles. The molecule has 134 valence electrons. The standard InChI is InChI=1S/C18H18N4O3S/c1-12-6-7-13(18-22-20-11-25-18)10-14(12)21-16(23)5-2-8-19-17(24)15-4-3-9-26-15/h3-4,6-7,9-11H,2,5,8H2,1H3,(H,19,24)(H,21,23). The summed E-state index contributed by atoms with van der Waals surface area (Å²) < 4.78 is 5.18. The largest absolute Gasteiger partial charge is 0.423 e. The molecule has 0 spiro atoms. The van der Waals surface area contributed by atoms with Crippen LogP contribution in [0.4, 0.5) is 5.69 Å². The van der Waals surface area contributed by atoms with Crippen molar-refractivity contribution in [3.05, 3.63) is 52.5 Å². The van der Waals surface area contributed by atoms with Gasteiger partial charge in [-0.3, -0.25) is 9.59 Å². The Hall–Kier alpha value is -3.00. The molecule has 0 atom stereocenters. The van der Waals surface area contributed by atoms with Crippen molar-refractivity contribution in [2.45, 2.75) is 19.8 Å². The number of anilines is 1. The van der Waals surface area contributed by atoms with Gasteiger partial charge < -0.3 is 15.1 Å². The van der Waals surface area contributed by atoms with Crippen molar-refractivity contribution in [2.24, 2.45) is 0 Å². The van der Waals surface area contributed by atoms with Gasteiger partial charge in [0.2, 0.25) is 18.2 Å². The lowest BCUT2D eigenvalue weighted by Gasteiger charge is -2.10. The zero-order chi connectivity index (χ0) is 18.4. The molecule has 0 aliphatic heterocycles. The van der Waals surface area contributed by atoms with Crippen LogP contribution >= 0.6 is 11.3 Å². The Morgan fingerprint density at radius 3 is 2.88 bits per heavy atom. The van der Waals surface area contributed by atoms with Crippen LogP contribution in [0, 0.1) is 6.92 Å². The second kappa shape index (κ2) is 8.39. The molecule has 1 aromatic carbocycles. The summed E-state index contributed by atoms with van der Waals surface area (Å²) in [6.45, 7) is 2.36. The van der Waals surface area contributed by atoms with Gasteiger partial charge in [-0.2, -0.15) is 0 Å². The lowest BCUT2D eigenvalue weighted by Crippen LogP contribution is -2.24. The van der Waals surface area contributed by atoms with E-state index in [4.69, 9.17) is 4.42 Å². The number of nitrogens with zero attached hydrogens (tertiary/aromatic N) is 2. The van der Waals surface area contributed by atoms with E-state index in [9.17, 15) is 9.59 Å². The highest BCUT2D eigenvalue weighted by Gasteiger charge is 2.10. The number of aromatic nitrogens is 2. The highest BCUT2D eigenvalue weighted by molar-refractivity contribution is 7.12. The van der Waals surface area contributed by atoms with Crippen molar-refractivity contribution < 1.29 is 14.0 Å². The molecule has 0 radical (unpaired) electrons. The summed E-state index contributed by atoms with van der Waals surface area (Å²) >= 11 is 1.39. The van der Waals surface area contributed by atoms with E-state index in [-0.39, 0.29) is 11.8 Å². The van der Waals surface area contributed by atoms with Gasteiger partial charge in [0.15, 0.2) is 0 Å². The first-order chi connectivity index (χ1) is 12.6. The highest BCUT2D eigenvalue weighted by Crippen LogP contribution is 2.24. The number of nitrogens with one attached hydrogen (secondary N) is 2. The second-order valence-electron chi connectivity index (χ2n) is 5.66. The molecule has 2 N–H and O–H groups in total. The molecule has 3 aromatic rings. The summed E-state index contributed by atoms with van der Waals surface area (Å²) in [7, 11) is 0. The summed E-state index contributed by atoms with van der Waals surface area (Å²) in [4.78, 5) is 24.6. The fourth-order valence-corrected chi connectivity index (χ4v) is 2.99. The van der Waals surface area contributed by atoms with Crippen molar-refractivity contribution in [3.63, 3.8) is 0 Å². The molecule has 2 heterocycles. The van der Waals surface area contributed by atoms with Gasteiger partial charge in [0.25, 0.3) is 5.91 Å². The third kappa shape index (κ3) is 4.54. The fraction of sp³-hybridized carbons (Fsp3) is 0.222. The Morgan fingerprint density at radius 2 is 2.15 bits per heavy atom. The Labute approximate surface area is 154 Å². The van der Waals surface area contributed by atoms with Crippen molar-refractivity contribution in [3.8, 4) is 11.5 Å². The van der Waals surface area contributed by atoms with Crippen molar-refractivity contribution in [1.29, 1.82) is 0 Å². The van der Waals surface area contributed by atoms with Crippen LogP contribution in [0.5, 0.6) is 0 Å². The van der Waals surface area contributed by atoms with Gasteiger partial charge in [0, 0.05) is 24.2 Å². The number of benzene rings is 1. The molecule has 0 bridgehead atoms. The van der Waals surface area contributed by atoms with Crippen LogP contribution < -0.4 is 10.6 Å². The molecular formula is C18H18N4O3S. The van der Waals surface area contributed by atoms with Crippen LogP contribution in [0.25, 0.3) is 11.5 Å². The van der Waals surface area contributed by atoms with Crippen molar-refractivity contribution in [1.82, 2.24) is 15.5 Å². The molecule has 3 rings (SSSR count). The van der Waals surface area contributed by atoms with Crippen LogP contribution in [0.3, 0.4) is 0 Å². The summed E-state index contributed by atoms with van der Waals surface area (Å²) in [6.07, 6.45) is 2.14. The van der Waals surface area contributed by atoms with E-state index in [1.54, 1.807) is 12.1 Å². The predicted octanol–water partition coefficient (Wildman–Crippen LogP) is 3.26. The van der Waals surface area contributed by atoms with Gasteiger partial charge in [-0.25, -0.2) is 0 Å². The lowest BCUT2D eigenvalue weighted by molar-refractivity contribution is -0.116. The molecule has 26 heavy (non-hydrogen) atoms. The Kier molecular flexibility index (Phi) is 5.75. The Balaban J connectivity index is 1.49. The van der Waals surface area contributed by atoms with Crippen LogP contribution in [-0.4, -0.2) is 28.6 Å². The summed E-state index contributed by atoms with van der Waals surface area (Å²) in [5.74, 6) is 0.182. The average Bonchev–Trinajstić information content (AvgIpc) is 3.34. The van der Waals surface area contributed by atoms with E-state index < -0.39 is 0 Å². The molecule has 0 aliphatic carbocycles. The zero-order valence-corrected chi connectivity index (χ0v) is 15.0. The van der Waals surface area contributed by atoms with Gasteiger partial charge in [0.05, 0.1) is 4.88 Å². The average molecular weight is 370 g/mol. The highest BCUT2D eigenvalue weighted by atomic mass is 32.1. The SMILES string of the molecule is Cc1ccc(-c2nnco2)cc1NC(=O)CCCNC(=O)c1cccs1. The first kappa shape index (κ1) is 17.8. The number of hydrogen-bond acceptors (Lipinski definition) is 6. The van der Waals surface area contributed by atoms with Gasteiger partial charge in [-0.05, 0) is 42.5 Å². The lowest BCUT2D eigenvalue weighted by atomic mass is 10.1. The number of hydrogen-bond donors (Lipinski definition) is 2. The van der Waals surface area contributed by atoms with Crippen LogP contribution in [0.2, 0.25) is 0 Å². The number of amides is 2. The third-order valence-electron chi connectivity index (χ3n) is 3.73. The summed E-state index contributed by atoms with van der Waals surface area (Å²) in [5, 5.41) is 15.1. The maximum Gasteiger partial charge on any atom is 0.261 e. The predicted molar refractivity (Wildman–Crippen MR) is 99.0 cm³/mol. The first-order valence-corrected chi connectivity index (χ1v) is 9.00. The minimum Gasteiger partial charge on any atom is -0.423 e. The molecule has 2 amide bonds.